The molecule has 0 atom stereocenters. The molecule has 10 heavy (non-hydrogen) atoms. The Morgan fingerprint density at radius 2 is 1.90 bits per heavy atom. The maximum absolute atomic E-state index is 10.1. The van der Waals surface area contributed by atoms with Crippen molar-refractivity contribution in [2.24, 2.45) is 0 Å². The first-order valence-corrected chi connectivity index (χ1v) is 2.58. The summed E-state index contributed by atoms with van der Waals surface area (Å²) in [6.07, 6.45) is 0.620. The minimum atomic E-state index is 0. The summed E-state index contributed by atoms with van der Waals surface area (Å²) in [6.45, 7) is 0. The van der Waals surface area contributed by atoms with Gasteiger partial charge in [-0.2, -0.15) is 0 Å². The number of carbonyl (C=O) groups excluding carboxylic acids is 1. The zero-order valence-corrected chi connectivity index (χ0v) is 7.16. The third-order valence-electron chi connectivity index (χ3n) is 1.06. The van der Waals surface area contributed by atoms with E-state index in [9.17, 15) is 4.79 Å². The van der Waals surface area contributed by atoms with E-state index in [1.54, 1.807) is 18.2 Å². The second kappa shape index (κ2) is 4.23. The van der Waals surface area contributed by atoms with Crippen molar-refractivity contribution in [3.63, 3.8) is 0 Å². The van der Waals surface area contributed by atoms with Gasteiger partial charge in [0.15, 0.2) is 6.29 Å². The zero-order valence-electron chi connectivity index (χ0n) is 5.15. The van der Waals surface area contributed by atoms with Crippen LogP contribution in [-0.4, -0.2) is 11.4 Å². The van der Waals surface area contributed by atoms with E-state index in [-0.39, 0.29) is 26.8 Å². The molecule has 1 rings (SSSR count). The molecule has 2 nitrogen and oxygen atoms in total. The molecular weight excluding hydrogens is 212 g/mol. The smallest absolute Gasteiger partial charge is 0.153 e. The number of benzene rings is 1. The molecule has 0 aliphatic carbocycles. The molecule has 0 aliphatic heterocycles. The quantitative estimate of drug-likeness (QED) is 0.568. The van der Waals surface area contributed by atoms with Crippen molar-refractivity contribution in [3.05, 3.63) is 29.8 Å². The summed E-state index contributed by atoms with van der Waals surface area (Å²) in [5.74, 6) is 0.0347. The third-order valence-corrected chi connectivity index (χ3v) is 1.06. The predicted octanol–water partition coefficient (Wildman–Crippen LogP) is 1.20. The minimum Gasteiger partial charge on any atom is -0.507 e. The molecule has 0 radical (unpaired) electrons. The van der Waals surface area contributed by atoms with Gasteiger partial charge in [0.05, 0.1) is 5.56 Å². The topological polar surface area (TPSA) is 37.3 Å². The maximum Gasteiger partial charge on any atom is 0.153 e. The average Bonchev–Trinajstić information content (AvgIpc) is 1.89. The van der Waals surface area contributed by atoms with E-state index in [1.165, 1.54) is 6.07 Å². The number of hydrogen-bond acceptors (Lipinski definition) is 2. The Morgan fingerprint density at radius 3 is 2.30 bits per heavy atom. The second-order valence-electron chi connectivity index (χ2n) is 1.68. The molecule has 0 amide bonds. The van der Waals surface area contributed by atoms with E-state index in [1.807, 2.05) is 0 Å². The normalized spacial score (nSPS) is 8.00. The number of hydrogen-bond donors (Lipinski definition) is 1. The van der Waals surface area contributed by atoms with Crippen LogP contribution in [0.3, 0.4) is 0 Å². The van der Waals surface area contributed by atoms with E-state index < -0.39 is 0 Å². The van der Waals surface area contributed by atoms with Gasteiger partial charge in [-0.3, -0.25) is 4.79 Å². The fraction of sp³-hybridized carbons (Fsp3) is 0. The summed E-state index contributed by atoms with van der Waals surface area (Å²) < 4.78 is 0. The summed E-state index contributed by atoms with van der Waals surface area (Å²) in [5, 5.41) is 8.88. The SMILES string of the molecule is O=Cc1ccccc1O.[Mo]. The Balaban J connectivity index is 0.000000810. The second-order valence-corrected chi connectivity index (χ2v) is 1.68. The van der Waals surface area contributed by atoms with Crippen LogP contribution in [0.5, 0.6) is 5.75 Å². The molecule has 3 heteroatoms. The van der Waals surface area contributed by atoms with Crippen molar-refractivity contribution in [2.75, 3.05) is 0 Å². The van der Waals surface area contributed by atoms with Crippen LogP contribution in [-0.2, 0) is 21.1 Å². The average molecular weight is 218 g/mol. The number of aldehydes is 1. The molecular formula is C7H6MoO2. The van der Waals surface area contributed by atoms with Crippen LogP contribution in [0.2, 0.25) is 0 Å². The van der Waals surface area contributed by atoms with Crippen LogP contribution in [0.4, 0.5) is 0 Å². The molecule has 52 valence electrons. The summed E-state index contributed by atoms with van der Waals surface area (Å²) in [7, 11) is 0. The Kier molecular flexibility index (Phi) is 3.97. The Hall–Kier alpha value is -0.622. The Bertz CT molecular complexity index is 223. The molecule has 0 aromatic heterocycles. The molecule has 0 bridgehead atoms. The van der Waals surface area contributed by atoms with E-state index in [0.29, 0.717) is 11.8 Å². The van der Waals surface area contributed by atoms with Gasteiger partial charge in [0.25, 0.3) is 0 Å². The van der Waals surface area contributed by atoms with E-state index in [2.05, 4.69) is 0 Å². The first kappa shape index (κ1) is 9.38. The maximum atomic E-state index is 10.1. The van der Waals surface area contributed by atoms with Gasteiger partial charge >= 0.3 is 0 Å². The molecule has 0 aliphatic rings. The van der Waals surface area contributed by atoms with Gasteiger partial charge in [0.1, 0.15) is 5.75 Å². The first-order valence-electron chi connectivity index (χ1n) is 2.58. The summed E-state index contributed by atoms with van der Waals surface area (Å²) in [4.78, 5) is 10.1. The molecule has 0 unspecified atom stereocenters. The number of carbonyl (C=O) groups is 1. The van der Waals surface area contributed by atoms with Crippen molar-refractivity contribution < 1.29 is 31.0 Å². The molecule has 0 saturated heterocycles. The van der Waals surface area contributed by atoms with E-state index in [0.717, 1.165) is 0 Å². The molecule has 0 spiro atoms. The number of aromatic hydroxyl groups is 1. The summed E-state index contributed by atoms with van der Waals surface area (Å²) >= 11 is 0. The molecule has 0 saturated carbocycles. The van der Waals surface area contributed by atoms with Crippen LogP contribution >= 0.6 is 0 Å². The van der Waals surface area contributed by atoms with Crippen LogP contribution in [0, 0.1) is 0 Å². The minimum absolute atomic E-state index is 0. The molecule has 0 heterocycles. The molecule has 0 fully saturated rings. The van der Waals surface area contributed by atoms with Gasteiger partial charge in [-0.15, -0.1) is 0 Å². The van der Waals surface area contributed by atoms with Gasteiger partial charge in [-0.05, 0) is 12.1 Å². The van der Waals surface area contributed by atoms with Crippen molar-refractivity contribution in [1.82, 2.24) is 0 Å². The number of phenolic OH excluding ortho intramolecular Hbond substituents is 1. The zero-order chi connectivity index (χ0) is 6.69. The Morgan fingerprint density at radius 1 is 1.30 bits per heavy atom. The molecule has 1 aromatic rings. The van der Waals surface area contributed by atoms with Crippen molar-refractivity contribution in [3.8, 4) is 5.75 Å². The standard InChI is InChI=1S/C7H6O2.Mo/c8-5-6-3-1-2-4-7(6)9;/h1-5,9H;. The number of rotatable bonds is 1. The van der Waals surface area contributed by atoms with Crippen LogP contribution in [0.1, 0.15) is 10.4 Å². The fourth-order valence-corrected chi connectivity index (χ4v) is 0.587. The van der Waals surface area contributed by atoms with Crippen LogP contribution < -0.4 is 0 Å². The van der Waals surface area contributed by atoms with Crippen LogP contribution in [0.15, 0.2) is 24.3 Å². The van der Waals surface area contributed by atoms with Gasteiger partial charge in [-0.25, -0.2) is 0 Å². The summed E-state index contributed by atoms with van der Waals surface area (Å²) in [5.41, 5.74) is 0.331. The third kappa shape index (κ3) is 1.96. The van der Waals surface area contributed by atoms with Crippen molar-refractivity contribution >= 4 is 6.29 Å². The number of para-hydroxylation sites is 1. The molecule has 1 aromatic carbocycles. The van der Waals surface area contributed by atoms with E-state index >= 15 is 0 Å². The van der Waals surface area contributed by atoms with Gasteiger partial charge in [0.2, 0.25) is 0 Å². The predicted molar refractivity (Wildman–Crippen MR) is 33.5 cm³/mol. The van der Waals surface area contributed by atoms with Crippen molar-refractivity contribution in [1.29, 1.82) is 0 Å². The van der Waals surface area contributed by atoms with Crippen molar-refractivity contribution in [2.45, 2.75) is 0 Å². The molecule has 1 N–H and O–H groups in total. The van der Waals surface area contributed by atoms with Gasteiger partial charge in [0, 0.05) is 21.1 Å². The monoisotopic (exact) mass is 220 g/mol. The Labute approximate surface area is 73.1 Å². The number of phenols is 1. The van der Waals surface area contributed by atoms with E-state index in [4.69, 9.17) is 5.11 Å². The van der Waals surface area contributed by atoms with Gasteiger partial charge < -0.3 is 5.11 Å². The van der Waals surface area contributed by atoms with Crippen LogP contribution in [0.25, 0.3) is 0 Å². The van der Waals surface area contributed by atoms with Gasteiger partial charge in [-0.1, -0.05) is 12.1 Å². The fourth-order valence-electron chi connectivity index (χ4n) is 0.587. The summed E-state index contributed by atoms with van der Waals surface area (Å²) in [6, 6.07) is 6.40. The largest absolute Gasteiger partial charge is 0.507 e. The first-order chi connectivity index (χ1) is 4.34.